The number of nitrogens with one attached hydrogen (secondary N) is 1. The van der Waals surface area contributed by atoms with E-state index in [2.05, 4.69) is 26.1 Å². The quantitative estimate of drug-likeness (QED) is 0.684. The van der Waals surface area contributed by atoms with Crippen molar-refractivity contribution in [2.75, 3.05) is 13.1 Å². The summed E-state index contributed by atoms with van der Waals surface area (Å²) >= 11 is 0. The molecule has 0 aromatic heterocycles. The van der Waals surface area contributed by atoms with Crippen LogP contribution in [0.2, 0.25) is 0 Å². The van der Waals surface area contributed by atoms with Crippen LogP contribution in [0.15, 0.2) is 0 Å². The summed E-state index contributed by atoms with van der Waals surface area (Å²) in [5.41, 5.74) is 0.416. The zero-order chi connectivity index (χ0) is 11.6. The maximum Gasteiger partial charge on any atom is 0.0811 e. The number of hydrogen-bond donors (Lipinski definition) is 1. The predicted molar refractivity (Wildman–Crippen MR) is 67.6 cm³/mol. The third-order valence-corrected chi connectivity index (χ3v) is 4.15. The van der Waals surface area contributed by atoms with Gasteiger partial charge in [-0.2, -0.15) is 0 Å². The molecule has 1 saturated carbocycles. The third-order valence-electron chi connectivity index (χ3n) is 4.15. The Labute approximate surface area is 100 Å². The molecule has 2 heteroatoms. The van der Waals surface area contributed by atoms with Crippen LogP contribution in [0.3, 0.4) is 0 Å². The lowest BCUT2D eigenvalue weighted by molar-refractivity contribution is -0.157. The van der Waals surface area contributed by atoms with Crippen LogP contribution in [-0.4, -0.2) is 24.8 Å². The molecule has 1 atom stereocenters. The van der Waals surface area contributed by atoms with E-state index >= 15 is 0 Å². The van der Waals surface area contributed by atoms with Crippen LogP contribution < -0.4 is 5.32 Å². The van der Waals surface area contributed by atoms with E-state index in [9.17, 15) is 0 Å². The lowest BCUT2D eigenvalue weighted by Crippen LogP contribution is -2.57. The lowest BCUT2D eigenvalue weighted by atomic mass is 9.84. The second kappa shape index (κ2) is 4.66. The average Bonchev–Trinajstić information content (AvgIpc) is 2.43. The summed E-state index contributed by atoms with van der Waals surface area (Å²) < 4.78 is 6.50. The van der Waals surface area contributed by atoms with Crippen LogP contribution in [0, 0.1) is 5.41 Å². The lowest BCUT2D eigenvalue weighted by Gasteiger charge is -2.46. The third kappa shape index (κ3) is 2.78. The molecule has 1 spiro atoms. The van der Waals surface area contributed by atoms with E-state index in [-0.39, 0.29) is 11.0 Å². The summed E-state index contributed by atoms with van der Waals surface area (Å²) in [4.78, 5) is 0. The summed E-state index contributed by atoms with van der Waals surface area (Å²) in [6.07, 6.45) is 8.37. The molecular weight excluding hydrogens is 198 g/mol. The van der Waals surface area contributed by atoms with E-state index in [4.69, 9.17) is 4.74 Å². The summed E-state index contributed by atoms with van der Waals surface area (Å²) in [7, 11) is 0. The van der Waals surface area contributed by atoms with Crippen molar-refractivity contribution in [1.82, 2.24) is 5.32 Å². The Kier molecular flexibility index (Phi) is 3.60. The van der Waals surface area contributed by atoms with E-state index in [1.807, 2.05) is 0 Å². The highest BCUT2D eigenvalue weighted by atomic mass is 16.5. The van der Waals surface area contributed by atoms with Crippen molar-refractivity contribution in [2.45, 2.75) is 71.0 Å². The Morgan fingerprint density at radius 3 is 2.25 bits per heavy atom. The summed E-state index contributed by atoms with van der Waals surface area (Å²) in [5.74, 6) is 0. The molecule has 0 bridgehead atoms. The molecule has 0 aromatic rings. The average molecular weight is 225 g/mol. The fourth-order valence-electron chi connectivity index (χ4n) is 2.97. The van der Waals surface area contributed by atoms with Gasteiger partial charge in [0, 0.05) is 13.1 Å². The van der Waals surface area contributed by atoms with Crippen molar-refractivity contribution in [3.05, 3.63) is 0 Å². The largest absolute Gasteiger partial charge is 0.369 e. The molecule has 1 aliphatic carbocycles. The zero-order valence-electron chi connectivity index (χ0n) is 11.1. The second-order valence-electron chi connectivity index (χ2n) is 6.70. The van der Waals surface area contributed by atoms with Gasteiger partial charge in [0.15, 0.2) is 0 Å². The molecule has 2 aliphatic rings. The molecule has 2 rings (SSSR count). The van der Waals surface area contributed by atoms with E-state index < -0.39 is 0 Å². The monoisotopic (exact) mass is 225 g/mol. The van der Waals surface area contributed by atoms with Gasteiger partial charge in [0.1, 0.15) is 0 Å². The Morgan fingerprint density at radius 1 is 1.06 bits per heavy atom. The topological polar surface area (TPSA) is 21.3 Å². The van der Waals surface area contributed by atoms with Gasteiger partial charge in [0.2, 0.25) is 0 Å². The molecule has 0 radical (unpaired) electrons. The van der Waals surface area contributed by atoms with Crippen LogP contribution in [0.4, 0.5) is 0 Å². The van der Waals surface area contributed by atoms with E-state index in [1.54, 1.807) is 0 Å². The first kappa shape index (κ1) is 12.4. The number of morpholine rings is 1. The Bertz CT molecular complexity index is 223. The molecule has 94 valence electrons. The summed E-state index contributed by atoms with van der Waals surface area (Å²) in [6, 6.07) is 0. The molecule has 16 heavy (non-hydrogen) atoms. The number of ether oxygens (including phenoxy) is 1. The van der Waals surface area contributed by atoms with Crippen molar-refractivity contribution < 1.29 is 4.74 Å². The van der Waals surface area contributed by atoms with Gasteiger partial charge in [-0.1, -0.05) is 46.5 Å². The van der Waals surface area contributed by atoms with Gasteiger partial charge >= 0.3 is 0 Å². The molecule has 2 fully saturated rings. The second-order valence-corrected chi connectivity index (χ2v) is 6.70. The fraction of sp³-hybridized carbons (Fsp3) is 1.00. The van der Waals surface area contributed by atoms with Crippen molar-refractivity contribution in [3.63, 3.8) is 0 Å². The molecular formula is C14H27NO. The Morgan fingerprint density at radius 2 is 1.69 bits per heavy atom. The summed E-state index contributed by atoms with van der Waals surface area (Å²) in [6.45, 7) is 8.95. The Balaban J connectivity index is 2.04. The van der Waals surface area contributed by atoms with E-state index in [0.717, 1.165) is 13.1 Å². The normalized spacial score (nSPS) is 31.3. The maximum absolute atomic E-state index is 6.50. The van der Waals surface area contributed by atoms with Gasteiger partial charge in [-0.3, -0.25) is 0 Å². The standard InChI is InChI=1S/C14H27NO/c1-13(2,3)12-10-15-11-14(16-12)8-6-4-5-7-9-14/h12,15H,4-11H2,1-3H3. The van der Waals surface area contributed by atoms with Gasteiger partial charge in [-0.15, -0.1) is 0 Å². The minimum absolute atomic E-state index is 0.159. The van der Waals surface area contributed by atoms with Crippen LogP contribution in [0.1, 0.15) is 59.3 Å². The van der Waals surface area contributed by atoms with Crippen molar-refractivity contribution >= 4 is 0 Å². The van der Waals surface area contributed by atoms with Gasteiger partial charge in [-0.05, 0) is 18.3 Å². The van der Waals surface area contributed by atoms with E-state index in [0.29, 0.717) is 6.10 Å². The van der Waals surface area contributed by atoms with E-state index in [1.165, 1.54) is 38.5 Å². The van der Waals surface area contributed by atoms with Crippen LogP contribution >= 0.6 is 0 Å². The molecule has 1 unspecified atom stereocenters. The van der Waals surface area contributed by atoms with Gasteiger partial charge in [0.05, 0.1) is 11.7 Å². The Hall–Kier alpha value is -0.0800. The van der Waals surface area contributed by atoms with Crippen molar-refractivity contribution in [3.8, 4) is 0 Å². The van der Waals surface area contributed by atoms with Crippen LogP contribution in [-0.2, 0) is 4.74 Å². The first-order valence-electron chi connectivity index (χ1n) is 6.90. The van der Waals surface area contributed by atoms with Gasteiger partial charge in [-0.25, -0.2) is 0 Å². The first-order chi connectivity index (χ1) is 7.52. The SMILES string of the molecule is CC(C)(C)C1CNCC2(CCCCCC2)O1. The molecule has 0 aromatic carbocycles. The van der Waals surface area contributed by atoms with Crippen LogP contribution in [0.25, 0.3) is 0 Å². The highest BCUT2D eigenvalue weighted by Crippen LogP contribution is 2.36. The summed E-state index contributed by atoms with van der Waals surface area (Å²) in [5, 5.41) is 3.60. The fourth-order valence-corrected chi connectivity index (χ4v) is 2.97. The van der Waals surface area contributed by atoms with Crippen molar-refractivity contribution in [2.24, 2.45) is 5.41 Å². The van der Waals surface area contributed by atoms with Crippen molar-refractivity contribution in [1.29, 1.82) is 0 Å². The van der Waals surface area contributed by atoms with Crippen LogP contribution in [0.5, 0.6) is 0 Å². The minimum Gasteiger partial charge on any atom is -0.369 e. The molecule has 0 amide bonds. The van der Waals surface area contributed by atoms with Gasteiger partial charge in [0.25, 0.3) is 0 Å². The first-order valence-corrected chi connectivity index (χ1v) is 6.90. The molecule has 1 heterocycles. The highest BCUT2D eigenvalue weighted by Gasteiger charge is 2.40. The predicted octanol–water partition coefficient (Wildman–Crippen LogP) is 3.11. The minimum atomic E-state index is 0.159. The highest BCUT2D eigenvalue weighted by molar-refractivity contribution is 4.93. The number of rotatable bonds is 0. The maximum atomic E-state index is 6.50. The smallest absolute Gasteiger partial charge is 0.0811 e. The molecule has 1 N–H and O–H groups in total. The molecule has 1 aliphatic heterocycles. The zero-order valence-corrected chi connectivity index (χ0v) is 11.1. The van der Waals surface area contributed by atoms with Gasteiger partial charge < -0.3 is 10.1 Å². The number of hydrogen-bond acceptors (Lipinski definition) is 2. The molecule has 2 nitrogen and oxygen atoms in total. The molecule has 1 saturated heterocycles.